The number of urea groups is 1. The monoisotopic (exact) mass is 326 g/mol. The van der Waals surface area contributed by atoms with Crippen molar-refractivity contribution in [3.8, 4) is 0 Å². The lowest BCUT2D eigenvalue weighted by Gasteiger charge is -2.37. The number of hydrogen-bond donors (Lipinski definition) is 2. The molecule has 1 aliphatic heterocycles. The maximum atomic E-state index is 12.4. The van der Waals surface area contributed by atoms with E-state index >= 15 is 0 Å². The van der Waals surface area contributed by atoms with Crippen molar-refractivity contribution < 1.29 is 14.6 Å². The predicted molar refractivity (Wildman–Crippen MR) is 86.0 cm³/mol. The molecule has 2 rings (SSSR count). The molecule has 1 fully saturated rings. The van der Waals surface area contributed by atoms with Gasteiger partial charge >= 0.3 is 6.03 Å². The summed E-state index contributed by atoms with van der Waals surface area (Å²) in [6.07, 6.45) is 1.52. The first-order valence-electron chi connectivity index (χ1n) is 7.43. The topological polar surface area (TPSA) is 61.8 Å². The van der Waals surface area contributed by atoms with Gasteiger partial charge in [-0.3, -0.25) is 0 Å². The Hall–Kier alpha value is -1.30. The summed E-state index contributed by atoms with van der Waals surface area (Å²) in [6.45, 7) is 3.14. The zero-order valence-electron chi connectivity index (χ0n) is 13.0. The number of nitrogens with one attached hydrogen (secondary N) is 1. The molecule has 2 amide bonds. The standard InChI is InChI=1S/C16H23ClN2O3/c1-16(21)8-3-9-19(11-16)15(20)18-14(10-22-2)12-4-6-13(17)7-5-12/h4-7,14,21H,3,8-11H2,1-2H3,(H,18,20)/t14-,16-/m0/s1. The van der Waals surface area contributed by atoms with Gasteiger partial charge in [-0.05, 0) is 37.5 Å². The van der Waals surface area contributed by atoms with Crippen molar-refractivity contribution in [1.29, 1.82) is 0 Å². The number of nitrogens with zero attached hydrogens (tertiary/aromatic N) is 1. The summed E-state index contributed by atoms with van der Waals surface area (Å²) in [4.78, 5) is 14.1. The number of aliphatic hydroxyl groups is 1. The minimum atomic E-state index is -0.813. The van der Waals surface area contributed by atoms with Crippen LogP contribution in [0.4, 0.5) is 4.79 Å². The van der Waals surface area contributed by atoms with Crippen molar-refractivity contribution in [3.05, 3.63) is 34.9 Å². The predicted octanol–water partition coefficient (Wildman–Crippen LogP) is 2.58. The number of halogens is 1. The Bertz CT molecular complexity index is 505. The Balaban J connectivity index is 2.04. The molecule has 6 heteroatoms. The third-order valence-corrected chi connectivity index (χ3v) is 4.12. The lowest BCUT2D eigenvalue weighted by atomic mass is 9.95. The third kappa shape index (κ3) is 4.60. The van der Waals surface area contributed by atoms with Crippen LogP contribution < -0.4 is 5.32 Å². The number of methoxy groups -OCH3 is 1. The average molecular weight is 327 g/mol. The van der Waals surface area contributed by atoms with Crippen LogP contribution in [0.1, 0.15) is 31.4 Å². The number of hydrogen-bond acceptors (Lipinski definition) is 3. The molecule has 0 spiro atoms. The Labute approximate surface area is 136 Å². The van der Waals surface area contributed by atoms with Crippen molar-refractivity contribution in [1.82, 2.24) is 10.2 Å². The summed E-state index contributed by atoms with van der Waals surface area (Å²) in [5, 5.41) is 13.7. The van der Waals surface area contributed by atoms with E-state index in [-0.39, 0.29) is 12.1 Å². The molecule has 1 saturated heterocycles. The highest BCUT2D eigenvalue weighted by Crippen LogP contribution is 2.22. The van der Waals surface area contributed by atoms with Crippen LogP contribution in [0.15, 0.2) is 24.3 Å². The summed E-state index contributed by atoms with van der Waals surface area (Å²) in [7, 11) is 1.60. The van der Waals surface area contributed by atoms with Gasteiger partial charge < -0.3 is 20.1 Å². The number of benzene rings is 1. The van der Waals surface area contributed by atoms with Gasteiger partial charge in [0, 0.05) is 18.7 Å². The SMILES string of the molecule is COC[C@H](NC(=O)N1CCC[C@](C)(O)C1)c1ccc(Cl)cc1. The lowest BCUT2D eigenvalue weighted by molar-refractivity contribution is -0.00322. The van der Waals surface area contributed by atoms with Gasteiger partial charge in [-0.25, -0.2) is 4.79 Å². The van der Waals surface area contributed by atoms with Gasteiger partial charge in [0.25, 0.3) is 0 Å². The molecule has 1 aromatic carbocycles. The minimum absolute atomic E-state index is 0.183. The lowest BCUT2D eigenvalue weighted by Crippen LogP contribution is -2.52. The Morgan fingerprint density at radius 2 is 2.18 bits per heavy atom. The fraction of sp³-hybridized carbons (Fsp3) is 0.562. The van der Waals surface area contributed by atoms with Gasteiger partial charge in [0.2, 0.25) is 0 Å². The summed E-state index contributed by atoms with van der Waals surface area (Å²) in [5.74, 6) is 0. The van der Waals surface area contributed by atoms with Crippen LogP contribution in [0.25, 0.3) is 0 Å². The zero-order valence-corrected chi connectivity index (χ0v) is 13.8. The molecule has 0 saturated carbocycles. The molecule has 2 N–H and O–H groups in total. The van der Waals surface area contributed by atoms with E-state index in [1.165, 1.54) is 0 Å². The highest BCUT2D eigenvalue weighted by atomic mass is 35.5. The van der Waals surface area contributed by atoms with Gasteiger partial charge in [0.1, 0.15) is 0 Å². The van der Waals surface area contributed by atoms with Crippen molar-refractivity contribution in [2.75, 3.05) is 26.8 Å². The van der Waals surface area contributed by atoms with Crippen LogP contribution in [-0.2, 0) is 4.74 Å². The summed E-state index contributed by atoms with van der Waals surface area (Å²) in [5.41, 5.74) is 0.121. The number of likely N-dealkylation sites (tertiary alicyclic amines) is 1. The third-order valence-electron chi connectivity index (χ3n) is 3.87. The van der Waals surface area contributed by atoms with Gasteiger partial charge in [0.15, 0.2) is 0 Å². The highest BCUT2D eigenvalue weighted by Gasteiger charge is 2.31. The van der Waals surface area contributed by atoms with Crippen LogP contribution in [0.5, 0.6) is 0 Å². The van der Waals surface area contributed by atoms with E-state index < -0.39 is 5.60 Å². The Morgan fingerprint density at radius 3 is 2.77 bits per heavy atom. The van der Waals surface area contributed by atoms with Crippen molar-refractivity contribution in [2.24, 2.45) is 0 Å². The van der Waals surface area contributed by atoms with Crippen LogP contribution in [0.2, 0.25) is 5.02 Å². The number of carbonyl (C=O) groups excluding carboxylic acids is 1. The summed E-state index contributed by atoms with van der Waals surface area (Å²) >= 11 is 5.90. The molecule has 0 aromatic heterocycles. The smallest absolute Gasteiger partial charge is 0.318 e. The van der Waals surface area contributed by atoms with E-state index in [1.807, 2.05) is 12.1 Å². The first-order valence-corrected chi connectivity index (χ1v) is 7.81. The summed E-state index contributed by atoms with van der Waals surface area (Å²) < 4.78 is 5.20. The molecule has 122 valence electrons. The number of β-amino-alcohol motifs (C(OH)–C–C–N with tert-alkyl or cyclic N) is 1. The number of carbonyl (C=O) groups is 1. The molecule has 5 nitrogen and oxygen atoms in total. The molecule has 1 heterocycles. The number of ether oxygens (including phenoxy) is 1. The number of amides is 2. The molecule has 0 unspecified atom stereocenters. The highest BCUT2D eigenvalue weighted by molar-refractivity contribution is 6.30. The second kappa shape index (κ2) is 7.31. The number of piperidine rings is 1. The van der Waals surface area contributed by atoms with Crippen LogP contribution >= 0.6 is 11.6 Å². The van der Waals surface area contributed by atoms with E-state index in [2.05, 4.69) is 5.32 Å². The largest absolute Gasteiger partial charge is 0.388 e. The molecule has 1 aliphatic rings. The quantitative estimate of drug-likeness (QED) is 0.894. The van der Waals surface area contributed by atoms with Crippen LogP contribution in [-0.4, -0.2) is 48.4 Å². The average Bonchev–Trinajstić information content (AvgIpc) is 2.46. The summed E-state index contributed by atoms with van der Waals surface area (Å²) in [6, 6.07) is 6.89. The fourth-order valence-corrected chi connectivity index (χ4v) is 2.84. The molecular formula is C16H23ClN2O3. The Morgan fingerprint density at radius 1 is 1.50 bits per heavy atom. The van der Waals surface area contributed by atoms with Gasteiger partial charge in [-0.2, -0.15) is 0 Å². The minimum Gasteiger partial charge on any atom is -0.388 e. The van der Waals surface area contributed by atoms with Crippen molar-refractivity contribution >= 4 is 17.6 Å². The van der Waals surface area contributed by atoms with Gasteiger partial charge in [-0.1, -0.05) is 23.7 Å². The normalized spacial score (nSPS) is 23.2. The second-order valence-electron chi connectivity index (χ2n) is 6.03. The van der Waals surface area contributed by atoms with E-state index in [0.717, 1.165) is 18.4 Å². The van der Waals surface area contributed by atoms with E-state index in [9.17, 15) is 9.90 Å². The van der Waals surface area contributed by atoms with Crippen molar-refractivity contribution in [2.45, 2.75) is 31.4 Å². The zero-order chi connectivity index (χ0) is 16.2. The van der Waals surface area contributed by atoms with Crippen LogP contribution in [0, 0.1) is 0 Å². The number of rotatable bonds is 4. The molecule has 1 aromatic rings. The van der Waals surface area contributed by atoms with E-state index in [4.69, 9.17) is 16.3 Å². The molecule has 0 bridgehead atoms. The second-order valence-corrected chi connectivity index (χ2v) is 6.47. The fourth-order valence-electron chi connectivity index (χ4n) is 2.72. The van der Waals surface area contributed by atoms with Crippen LogP contribution in [0.3, 0.4) is 0 Å². The molecule has 22 heavy (non-hydrogen) atoms. The molecule has 0 aliphatic carbocycles. The molecule has 0 radical (unpaired) electrons. The van der Waals surface area contributed by atoms with E-state index in [0.29, 0.717) is 24.7 Å². The maximum absolute atomic E-state index is 12.4. The van der Waals surface area contributed by atoms with Gasteiger partial charge in [0.05, 0.1) is 24.8 Å². The van der Waals surface area contributed by atoms with E-state index in [1.54, 1.807) is 31.1 Å². The first kappa shape index (κ1) is 17.1. The Kier molecular flexibility index (Phi) is 5.67. The van der Waals surface area contributed by atoms with Gasteiger partial charge in [-0.15, -0.1) is 0 Å². The van der Waals surface area contributed by atoms with Crippen molar-refractivity contribution in [3.63, 3.8) is 0 Å². The first-order chi connectivity index (χ1) is 10.4. The molecular weight excluding hydrogens is 304 g/mol. The maximum Gasteiger partial charge on any atom is 0.318 e. The molecule has 2 atom stereocenters.